The standard InChI is InChI=1S/C20H27NO3/c1-19(23)10-16(11-19)18(22)21-12-20(13-21)8-15(9-20)7-14-3-5-17(24-2)6-4-14/h3-6,15-16,23H,7-13H2,1-2H3. The molecular weight excluding hydrogens is 302 g/mol. The van der Waals surface area contributed by atoms with Crippen LogP contribution in [0.5, 0.6) is 5.75 Å². The number of benzene rings is 1. The fourth-order valence-corrected chi connectivity index (χ4v) is 5.02. The molecule has 3 fully saturated rings. The first kappa shape index (κ1) is 15.9. The summed E-state index contributed by atoms with van der Waals surface area (Å²) in [5.74, 6) is 1.99. The molecule has 24 heavy (non-hydrogen) atoms. The molecule has 130 valence electrons. The van der Waals surface area contributed by atoms with Gasteiger partial charge in [0.05, 0.1) is 12.7 Å². The molecule has 1 spiro atoms. The maximum Gasteiger partial charge on any atom is 0.225 e. The van der Waals surface area contributed by atoms with Crippen molar-refractivity contribution in [2.24, 2.45) is 17.3 Å². The van der Waals surface area contributed by atoms with Crippen molar-refractivity contribution in [2.45, 2.75) is 44.6 Å². The molecule has 2 saturated carbocycles. The number of amides is 1. The van der Waals surface area contributed by atoms with Gasteiger partial charge >= 0.3 is 0 Å². The molecule has 0 atom stereocenters. The Morgan fingerprint density at radius 2 is 1.83 bits per heavy atom. The molecule has 1 N–H and O–H groups in total. The highest BCUT2D eigenvalue weighted by atomic mass is 16.5. The van der Waals surface area contributed by atoms with Gasteiger partial charge in [-0.2, -0.15) is 0 Å². The number of hydrogen-bond acceptors (Lipinski definition) is 3. The quantitative estimate of drug-likeness (QED) is 0.924. The number of aliphatic hydroxyl groups is 1. The normalized spacial score (nSPS) is 31.1. The molecule has 4 rings (SSSR count). The third-order valence-corrected chi connectivity index (χ3v) is 6.21. The molecule has 0 bridgehead atoms. The van der Waals surface area contributed by atoms with Crippen molar-refractivity contribution in [2.75, 3.05) is 20.2 Å². The predicted octanol–water partition coefficient (Wildman–Crippen LogP) is 2.64. The molecule has 0 unspecified atom stereocenters. The lowest BCUT2D eigenvalue weighted by atomic mass is 9.56. The van der Waals surface area contributed by atoms with Crippen LogP contribution < -0.4 is 4.74 Å². The Hall–Kier alpha value is -1.55. The van der Waals surface area contributed by atoms with Crippen molar-refractivity contribution >= 4 is 5.91 Å². The van der Waals surface area contributed by atoms with E-state index in [-0.39, 0.29) is 11.8 Å². The highest BCUT2D eigenvalue weighted by molar-refractivity contribution is 5.81. The highest BCUT2D eigenvalue weighted by Crippen LogP contribution is 2.53. The molecule has 1 saturated heterocycles. The van der Waals surface area contributed by atoms with Gasteiger partial charge in [0, 0.05) is 24.4 Å². The van der Waals surface area contributed by atoms with E-state index in [0.29, 0.717) is 18.3 Å². The molecule has 1 aliphatic heterocycles. The van der Waals surface area contributed by atoms with E-state index in [9.17, 15) is 9.90 Å². The van der Waals surface area contributed by atoms with Crippen LogP contribution in [0.25, 0.3) is 0 Å². The second-order valence-corrected chi connectivity index (χ2v) is 8.62. The zero-order valence-electron chi connectivity index (χ0n) is 14.6. The number of hydrogen-bond donors (Lipinski definition) is 1. The minimum Gasteiger partial charge on any atom is -0.497 e. The number of ether oxygens (including phenoxy) is 1. The Morgan fingerprint density at radius 1 is 1.21 bits per heavy atom. The van der Waals surface area contributed by atoms with Gasteiger partial charge in [0.15, 0.2) is 0 Å². The van der Waals surface area contributed by atoms with E-state index in [1.54, 1.807) is 7.11 Å². The third kappa shape index (κ3) is 2.81. The summed E-state index contributed by atoms with van der Waals surface area (Å²) < 4.78 is 5.20. The smallest absolute Gasteiger partial charge is 0.225 e. The second-order valence-electron chi connectivity index (χ2n) is 8.62. The van der Waals surface area contributed by atoms with Gasteiger partial charge in [0.25, 0.3) is 0 Å². The summed E-state index contributed by atoms with van der Waals surface area (Å²) in [7, 11) is 1.69. The van der Waals surface area contributed by atoms with Gasteiger partial charge in [-0.05, 0) is 62.6 Å². The summed E-state index contributed by atoms with van der Waals surface area (Å²) in [6, 6.07) is 8.37. The Balaban J connectivity index is 1.22. The maximum absolute atomic E-state index is 12.4. The van der Waals surface area contributed by atoms with Gasteiger partial charge in [0.1, 0.15) is 5.75 Å². The van der Waals surface area contributed by atoms with Crippen LogP contribution in [0.1, 0.15) is 38.2 Å². The van der Waals surface area contributed by atoms with Crippen molar-refractivity contribution in [3.63, 3.8) is 0 Å². The van der Waals surface area contributed by atoms with Crippen molar-refractivity contribution in [1.29, 1.82) is 0 Å². The predicted molar refractivity (Wildman–Crippen MR) is 91.8 cm³/mol. The molecule has 1 aromatic carbocycles. The van der Waals surface area contributed by atoms with Gasteiger partial charge in [-0.1, -0.05) is 12.1 Å². The Bertz CT molecular complexity index is 615. The number of methoxy groups -OCH3 is 1. The van der Waals surface area contributed by atoms with Crippen LogP contribution in [0.2, 0.25) is 0 Å². The van der Waals surface area contributed by atoms with E-state index in [4.69, 9.17) is 4.74 Å². The number of carbonyl (C=O) groups is 1. The van der Waals surface area contributed by atoms with E-state index in [2.05, 4.69) is 12.1 Å². The van der Waals surface area contributed by atoms with Crippen LogP contribution in [-0.4, -0.2) is 41.7 Å². The summed E-state index contributed by atoms with van der Waals surface area (Å²) in [6.45, 7) is 3.69. The first-order valence-electron chi connectivity index (χ1n) is 9.02. The largest absolute Gasteiger partial charge is 0.497 e. The fraction of sp³-hybridized carbons (Fsp3) is 0.650. The van der Waals surface area contributed by atoms with Gasteiger partial charge in [-0.25, -0.2) is 0 Å². The first-order chi connectivity index (χ1) is 11.4. The minimum atomic E-state index is -0.608. The van der Waals surface area contributed by atoms with Crippen LogP contribution in [0.3, 0.4) is 0 Å². The second kappa shape index (κ2) is 5.48. The maximum atomic E-state index is 12.4. The fourth-order valence-electron chi connectivity index (χ4n) is 5.02. The van der Waals surface area contributed by atoms with Gasteiger partial charge in [0.2, 0.25) is 5.91 Å². The lowest BCUT2D eigenvalue weighted by Gasteiger charge is -2.60. The number of rotatable bonds is 4. The summed E-state index contributed by atoms with van der Waals surface area (Å²) >= 11 is 0. The molecule has 1 heterocycles. The van der Waals surface area contributed by atoms with Gasteiger partial charge in [-0.15, -0.1) is 0 Å². The van der Waals surface area contributed by atoms with Crippen LogP contribution in [0, 0.1) is 17.3 Å². The average molecular weight is 329 g/mol. The molecule has 4 nitrogen and oxygen atoms in total. The molecule has 0 aromatic heterocycles. The van der Waals surface area contributed by atoms with Crippen molar-refractivity contribution < 1.29 is 14.6 Å². The van der Waals surface area contributed by atoms with Crippen LogP contribution in [0.15, 0.2) is 24.3 Å². The summed E-state index contributed by atoms with van der Waals surface area (Å²) in [5.41, 5.74) is 1.17. The van der Waals surface area contributed by atoms with Crippen molar-refractivity contribution in [3.8, 4) is 5.75 Å². The molecule has 1 aromatic rings. The summed E-state index contributed by atoms with van der Waals surface area (Å²) in [6.07, 6.45) is 4.88. The van der Waals surface area contributed by atoms with E-state index in [1.807, 2.05) is 24.0 Å². The van der Waals surface area contributed by atoms with E-state index in [1.165, 1.54) is 18.4 Å². The van der Waals surface area contributed by atoms with Crippen LogP contribution >= 0.6 is 0 Å². The Kier molecular flexibility index (Phi) is 3.64. The SMILES string of the molecule is COc1ccc(CC2CC3(C2)CN(C(=O)C2CC(C)(O)C2)C3)cc1. The average Bonchev–Trinajstić information content (AvgIpc) is 2.45. The summed E-state index contributed by atoms with van der Waals surface area (Å²) in [5, 5.41) is 9.79. The van der Waals surface area contributed by atoms with E-state index < -0.39 is 5.60 Å². The monoisotopic (exact) mass is 329 g/mol. The molecule has 1 amide bonds. The number of nitrogens with zero attached hydrogens (tertiary/aromatic N) is 1. The van der Waals surface area contributed by atoms with Crippen LogP contribution in [0.4, 0.5) is 0 Å². The lowest BCUT2D eigenvalue weighted by Crippen LogP contribution is -2.66. The molecule has 4 heteroatoms. The Labute approximate surface area is 143 Å². The van der Waals surface area contributed by atoms with Crippen LogP contribution in [-0.2, 0) is 11.2 Å². The lowest BCUT2D eigenvalue weighted by molar-refractivity contribution is -0.171. The molecular formula is C20H27NO3. The zero-order chi connectivity index (χ0) is 16.9. The van der Waals surface area contributed by atoms with Gasteiger partial charge in [-0.3, -0.25) is 4.79 Å². The van der Waals surface area contributed by atoms with Gasteiger partial charge < -0.3 is 14.7 Å². The number of carbonyl (C=O) groups excluding carboxylic acids is 1. The topological polar surface area (TPSA) is 49.8 Å². The molecule has 2 aliphatic carbocycles. The van der Waals surface area contributed by atoms with Crippen molar-refractivity contribution in [3.05, 3.63) is 29.8 Å². The summed E-state index contributed by atoms with van der Waals surface area (Å²) in [4.78, 5) is 14.4. The minimum absolute atomic E-state index is 0.0625. The van der Waals surface area contributed by atoms with Crippen molar-refractivity contribution in [1.82, 2.24) is 4.90 Å². The van der Waals surface area contributed by atoms with E-state index >= 15 is 0 Å². The molecule has 3 aliphatic rings. The van der Waals surface area contributed by atoms with E-state index in [0.717, 1.165) is 31.2 Å². The zero-order valence-corrected chi connectivity index (χ0v) is 14.6. The molecule has 0 radical (unpaired) electrons. The number of likely N-dealkylation sites (tertiary alicyclic amines) is 1. The third-order valence-electron chi connectivity index (χ3n) is 6.21. The highest BCUT2D eigenvalue weighted by Gasteiger charge is 2.55. The first-order valence-corrected chi connectivity index (χ1v) is 9.02. The Morgan fingerprint density at radius 3 is 2.38 bits per heavy atom.